The van der Waals surface area contributed by atoms with Gasteiger partial charge in [-0.15, -0.1) is 12.4 Å². The molecule has 72 valence electrons. The molecule has 0 fully saturated rings. The molecule has 0 amide bonds. The van der Waals surface area contributed by atoms with Crippen molar-refractivity contribution >= 4 is 18.4 Å². The van der Waals surface area contributed by atoms with E-state index in [-0.39, 0.29) is 18.1 Å². The highest BCUT2D eigenvalue weighted by Gasteiger charge is 2.26. The highest BCUT2D eigenvalue weighted by molar-refractivity contribution is 5.85. The summed E-state index contributed by atoms with van der Waals surface area (Å²) in [5, 5.41) is 6.81. The van der Waals surface area contributed by atoms with E-state index in [1.54, 1.807) is 0 Å². The van der Waals surface area contributed by atoms with E-state index in [1.807, 2.05) is 19.0 Å². The summed E-state index contributed by atoms with van der Waals surface area (Å²) in [5.74, 6) is 0. The molecule has 0 saturated carbocycles. The molecule has 0 aliphatic rings. The van der Waals surface area contributed by atoms with Gasteiger partial charge in [-0.2, -0.15) is 0 Å². The molecule has 0 bridgehead atoms. The van der Waals surface area contributed by atoms with Gasteiger partial charge in [-0.3, -0.25) is 4.90 Å². The van der Waals surface area contributed by atoms with Gasteiger partial charge in [-0.05, 0) is 26.9 Å². The Morgan fingerprint density at radius 3 is 1.83 bits per heavy atom. The van der Waals surface area contributed by atoms with Crippen LogP contribution >= 0.6 is 12.4 Å². The number of nitrogens with zero attached hydrogens (tertiary/aromatic N) is 2. The predicted octanol–water partition coefficient (Wildman–Crippen LogP) is 2.24. The Labute approximate surface area is 80.8 Å². The average Bonchev–Trinajstić information content (AvgIpc) is 2.00. The highest BCUT2D eigenvalue weighted by Crippen LogP contribution is 2.21. The smallest absolute Gasteiger partial charge is 0.123 e. The Balaban J connectivity index is 0. The van der Waals surface area contributed by atoms with Crippen molar-refractivity contribution in [2.24, 2.45) is 4.99 Å². The zero-order valence-corrected chi connectivity index (χ0v) is 9.03. The summed E-state index contributed by atoms with van der Waals surface area (Å²) in [5.41, 5.74) is -0.207. The van der Waals surface area contributed by atoms with Gasteiger partial charge in [0.1, 0.15) is 5.66 Å². The first kappa shape index (κ1) is 14.2. The lowest BCUT2D eigenvalue weighted by atomic mass is 10.0. The summed E-state index contributed by atoms with van der Waals surface area (Å²) >= 11 is 0. The second-order valence-electron chi connectivity index (χ2n) is 2.81. The van der Waals surface area contributed by atoms with Crippen LogP contribution in [0.25, 0.3) is 0 Å². The van der Waals surface area contributed by atoms with Gasteiger partial charge in [0.2, 0.25) is 0 Å². The number of aliphatic imine (C=N–C) groups is 1. The summed E-state index contributed by atoms with van der Waals surface area (Å²) in [6.45, 7) is 4.15. The van der Waals surface area contributed by atoms with E-state index in [4.69, 9.17) is 5.41 Å². The van der Waals surface area contributed by atoms with Crippen LogP contribution in [-0.4, -0.2) is 30.7 Å². The van der Waals surface area contributed by atoms with Crippen LogP contribution in [0.15, 0.2) is 4.99 Å². The molecule has 0 aliphatic carbocycles. The SMILES string of the molecule is CCC(CC)(N=C=N)N(C)C.Cl. The van der Waals surface area contributed by atoms with Gasteiger partial charge < -0.3 is 0 Å². The molecule has 0 heterocycles. The first-order valence-electron chi connectivity index (χ1n) is 3.94. The van der Waals surface area contributed by atoms with Crippen molar-refractivity contribution in [2.45, 2.75) is 32.4 Å². The first-order chi connectivity index (χ1) is 5.13. The van der Waals surface area contributed by atoms with E-state index >= 15 is 0 Å². The molecular weight excluding hydrogens is 174 g/mol. The first-order valence-corrected chi connectivity index (χ1v) is 3.94. The molecule has 4 heteroatoms. The van der Waals surface area contributed by atoms with Crippen LogP contribution in [0, 0.1) is 5.41 Å². The van der Waals surface area contributed by atoms with Crippen LogP contribution in [0.4, 0.5) is 0 Å². The second-order valence-corrected chi connectivity index (χ2v) is 2.81. The number of hydrogen-bond acceptors (Lipinski definition) is 3. The third-order valence-corrected chi connectivity index (χ3v) is 2.23. The van der Waals surface area contributed by atoms with Crippen molar-refractivity contribution in [3.05, 3.63) is 0 Å². The van der Waals surface area contributed by atoms with Crippen LogP contribution in [0.2, 0.25) is 0 Å². The van der Waals surface area contributed by atoms with Crippen LogP contribution in [0.3, 0.4) is 0 Å². The zero-order valence-electron chi connectivity index (χ0n) is 8.22. The maximum absolute atomic E-state index is 6.81. The Kier molecular flexibility index (Phi) is 7.30. The molecule has 0 unspecified atom stereocenters. The summed E-state index contributed by atoms with van der Waals surface area (Å²) < 4.78 is 0. The molecule has 0 aromatic heterocycles. The summed E-state index contributed by atoms with van der Waals surface area (Å²) in [6.07, 6.45) is 1.84. The summed E-state index contributed by atoms with van der Waals surface area (Å²) in [7, 11) is 3.96. The maximum Gasteiger partial charge on any atom is 0.123 e. The van der Waals surface area contributed by atoms with E-state index in [1.165, 1.54) is 0 Å². The van der Waals surface area contributed by atoms with Crippen molar-refractivity contribution in [2.75, 3.05) is 14.1 Å². The Bertz CT molecular complexity index is 158. The third-order valence-electron chi connectivity index (χ3n) is 2.23. The van der Waals surface area contributed by atoms with Crippen molar-refractivity contribution in [3.63, 3.8) is 0 Å². The normalized spacial score (nSPS) is 10.4. The lowest BCUT2D eigenvalue weighted by Crippen LogP contribution is -2.41. The lowest BCUT2D eigenvalue weighted by molar-refractivity contribution is 0.150. The second kappa shape index (κ2) is 6.18. The minimum absolute atomic E-state index is 0. The topological polar surface area (TPSA) is 39.5 Å². The predicted molar refractivity (Wildman–Crippen MR) is 54.4 cm³/mol. The Hall–Kier alpha value is -0.370. The Morgan fingerprint density at radius 2 is 1.75 bits per heavy atom. The number of halogens is 1. The van der Waals surface area contributed by atoms with Gasteiger partial charge in [0.25, 0.3) is 0 Å². The molecule has 0 spiro atoms. The fraction of sp³-hybridized carbons (Fsp3) is 0.875. The van der Waals surface area contributed by atoms with Crippen molar-refractivity contribution in [1.82, 2.24) is 4.90 Å². The van der Waals surface area contributed by atoms with Crippen molar-refractivity contribution in [1.29, 1.82) is 5.41 Å². The van der Waals surface area contributed by atoms with Crippen molar-refractivity contribution < 1.29 is 0 Å². The molecular formula is C8H18ClN3. The van der Waals surface area contributed by atoms with E-state index in [9.17, 15) is 0 Å². The van der Waals surface area contributed by atoms with Crippen molar-refractivity contribution in [3.8, 4) is 0 Å². The molecule has 0 aromatic rings. The fourth-order valence-corrected chi connectivity index (χ4v) is 1.24. The number of rotatable bonds is 4. The van der Waals surface area contributed by atoms with E-state index in [2.05, 4.69) is 24.8 Å². The van der Waals surface area contributed by atoms with E-state index in [0.29, 0.717) is 0 Å². The highest BCUT2D eigenvalue weighted by atomic mass is 35.5. The molecule has 0 aromatic carbocycles. The van der Waals surface area contributed by atoms with Gasteiger partial charge in [-0.1, -0.05) is 13.8 Å². The quantitative estimate of drug-likeness (QED) is 0.681. The molecule has 0 aliphatic heterocycles. The van der Waals surface area contributed by atoms with Crippen LogP contribution in [0.1, 0.15) is 26.7 Å². The maximum atomic E-state index is 6.81. The Morgan fingerprint density at radius 1 is 1.33 bits per heavy atom. The number of hydrogen-bond donors (Lipinski definition) is 1. The molecule has 3 nitrogen and oxygen atoms in total. The van der Waals surface area contributed by atoms with Crippen LogP contribution in [-0.2, 0) is 0 Å². The van der Waals surface area contributed by atoms with E-state index in [0.717, 1.165) is 12.8 Å². The van der Waals surface area contributed by atoms with Crippen LogP contribution < -0.4 is 0 Å². The lowest BCUT2D eigenvalue weighted by Gasteiger charge is -2.32. The number of nitrogens with one attached hydrogen (secondary N) is 1. The molecule has 0 radical (unpaired) electrons. The van der Waals surface area contributed by atoms with Gasteiger partial charge in [0.15, 0.2) is 0 Å². The van der Waals surface area contributed by atoms with Gasteiger partial charge in [0.05, 0.1) is 6.01 Å². The molecule has 12 heavy (non-hydrogen) atoms. The van der Waals surface area contributed by atoms with Gasteiger partial charge in [0, 0.05) is 0 Å². The summed E-state index contributed by atoms with van der Waals surface area (Å²) in [6, 6.07) is 2.13. The van der Waals surface area contributed by atoms with Gasteiger partial charge >= 0.3 is 0 Å². The summed E-state index contributed by atoms with van der Waals surface area (Å²) in [4.78, 5) is 6.07. The third kappa shape index (κ3) is 2.94. The standard InChI is InChI=1S/C8H17N3.ClH/c1-5-8(6-2,10-7-9)11(3)4;/h9H,5-6H2,1-4H3;1H. The monoisotopic (exact) mass is 191 g/mol. The van der Waals surface area contributed by atoms with Crippen LogP contribution in [0.5, 0.6) is 0 Å². The zero-order chi connectivity index (χ0) is 8.91. The molecule has 0 saturated heterocycles. The van der Waals surface area contributed by atoms with E-state index < -0.39 is 0 Å². The molecule has 0 atom stereocenters. The largest absolute Gasteiger partial charge is 0.285 e. The average molecular weight is 192 g/mol. The minimum Gasteiger partial charge on any atom is -0.285 e. The molecule has 0 rings (SSSR count). The van der Waals surface area contributed by atoms with Gasteiger partial charge in [-0.25, -0.2) is 10.4 Å². The minimum atomic E-state index is -0.207. The molecule has 1 N–H and O–H groups in total. The fourth-order valence-electron chi connectivity index (χ4n) is 1.24.